The fourth-order valence-corrected chi connectivity index (χ4v) is 3.42. The summed E-state index contributed by atoms with van der Waals surface area (Å²) in [5.74, 6) is 0.542. The number of carbonyl (C=O) groups excluding carboxylic acids is 2. The summed E-state index contributed by atoms with van der Waals surface area (Å²) >= 11 is 0. The van der Waals surface area contributed by atoms with Crippen LogP contribution in [0.4, 0.5) is 5.69 Å². The van der Waals surface area contributed by atoms with Gasteiger partial charge in [0.25, 0.3) is 5.91 Å². The summed E-state index contributed by atoms with van der Waals surface area (Å²) in [6.45, 7) is 6.49. The molecule has 1 N–H and O–H groups in total. The zero-order valence-electron chi connectivity index (χ0n) is 15.4. The van der Waals surface area contributed by atoms with E-state index in [1.165, 1.54) is 6.92 Å². The van der Waals surface area contributed by atoms with Crippen molar-refractivity contribution in [1.82, 2.24) is 5.32 Å². The van der Waals surface area contributed by atoms with Gasteiger partial charge >= 0.3 is 0 Å². The lowest BCUT2D eigenvalue weighted by Gasteiger charge is -2.20. The Kier molecular flexibility index (Phi) is 5.26. The number of ether oxygens (including phenoxy) is 1. The van der Waals surface area contributed by atoms with Crippen LogP contribution in [0.25, 0.3) is 0 Å². The van der Waals surface area contributed by atoms with Crippen molar-refractivity contribution in [3.8, 4) is 5.75 Å². The molecule has 0 bridgehead atoms. The van der Waals surface area contributed by atoms with Gasteiger partial charge in [-0.05, 0) is 43.5 Å². The summed E-state index contributed by atoms with van der Waals surface area (Å²) in [7, 11) is 0. The third kappa shape index (κ3) is 3.57. The lowest BCUT2D eigenvalue weighted by atomic mass is 9.99. The highest BCUT2D eigenvalue weighted by Crippen LogP contribution is 2.40. The number of rotatable bonds is 6. The molecule has 0 saturated carbocycles. The molecule has 5 nitrogen and oxygen atoms in total. The Balaban J connectivity index is 1.74. The van der Waals surface area contributed by atoms with Crippen LogP contribution in [0.5, 0.6) is 5.75 Å². The van der Waals surface area contributed by atoms with E-state index < -0.39 is 6.04 Å². The van der Waals surface area contributed by atoms with Crippen molar-refractivity contribution >= 4 is 17.5 Å². The first kappa shape index (κ1) is 18.0. The number of carbonyl (C=O) groups is 2. The first-order chi connectivity index (χ1) is 12.5. The molecule has 2 aromatic carbocycles. The van der Waals surface area contributed by atoms with Gasteiger partial charge in [-0.15, -0.1) is 0 Å². The third-order valence-electron chi connectivity index (χ3n) is 4.59. The van der Waals surface area contributed by atoms with Gasteiger partial charge in [0.2, 0.25) is 5.91 Å². The quantitative estimate of drug-likeness (QED) is 0.812. The van der Waals surface area contributed by atoms with Gasteiger partial charge in [0.05, 0.1) is 12.3 Å². The van der Waals surface area contributed by atoms with Gasteiger partial charge in [-0.1, -0.05) is 30.3 Å². The van der Waals surface area contributed by atoms with Crippen LogP contribution in [0.3, 0.4) is 0 Å². The number of para-hydroxylation sites is 1. The molecule has 0 spiro atoms. The number of nitrogens with one attached hydrogen (secondary N) is 1. The van der Waals surface area contributed by atoms with Crippen molar-refractivity contribution in [3.05, 3.63) is 59.2 Å². The molecular formula is C21H24N2O3. The molecule has 0 unspecified atom stereocenters. The Hall–Kier alpha value is -2.82. The normalized spacial score (nSPS) is 15.7. The van der Waals surface area contributed by atoms with E-state index in [4.69, 9.17) is 4.74 Å². The molecule has 0 radical (unpaired) electrons. The molecule has 0 fully saturated rings. The highest BCUT2D eigenvalue weighted by molar-refractivity contribution is 6.07. The number of amides is 2. The van der Waals surface area contributed by atoms with Crippen LogP contribution in [-0.2, 0) is 9.59 Å². The highest BCUT2D eigenvalue weighted by atomic mass is 16.5. The Morgan fingerprint density at radius 3 is 2.50 bits per heavy atom. The molecule has 0 aliphatic carbocycles. The molecule has 1 aliphatic heterocycles. The summed E-state index contributed by atoms with van der Waals surface area (Å²) < 4.78 is 5.73. The van der Waals surface area contributed by atoms with Crippen LogP contribution < -0.4 is 15.0 Å². The number of nitrogens with zero attached hydrogens (tertiary/aromatic N) is 1. The van der Waals surface area contributed by atoms with Gasteiger partial charge in [0, 0.05) is 19.0 Å². The van der Waals surface area contributed by atoms with Gasteiger partial charge in [-0.2, -0.15) is 0 Å². The smallest absolute Gasteiger partial charge is 0.254 e. The van der Waals surface area contributed by atoms with Crippen molar-refractivity contribution in [2.24, 2.45) is 0 Å². The number of aryl methyl sites for hydroxylation is 2. The minimum absolute atomic E-state index is 0.0766. The second-order valence-corrected chi connectivity index (χ2v) is 6.60. The zero-order chi connectivity index (χ0) is 18.7. The van der Waals surface area contributed by atoms with E-state index in [9.17, 15) is 9.59 Å². The van der Waals surface area contributed by atoms with Gasteiger partial charge in [-0.3, -0.25) is 9.59 Å². The van der Waals surface area contributed by atoms with E-state index in [1.54, 1.807) is 4.90 Å². The van der Waals surface area contributed by atoms with Crippen LogP contribution in [0.2, 0.25) is 0 Å². The summed E-state index contributed by atoms with van der Waals surface area (Å²) in [5.41, 5.74) is 3.89. The van der Waals surface area contributed by atoms with Gasteiger partial charge in [0.15, 0.2) is 0 Å². The molecule has 1 aliphatic rings. The maximum absolute atomic E-state index is 12.9. The average molecular weight is 352 g/mol. The van der Waals surface area contributed by atoms with Gasteiger partial charge in [-0.25, -0.2) is 0 Å². The van der Waals surface area contributed by atoms with Crippen LogP contribution in [-0.4, -0.2) is 25.0 Å². The second-order valence-electron chi connectivity index (χ2n) is 6.60. The molecule has 2 aromatic rings. The maximum Gasteiger partial charge on any atom is 0.254 e. The molecule has 3 rings (SSSR count). The predicted octanol–water partition coefficient (Wildman–Crippen LogP) is 3.30. The average Bonchev–Trinajstić information content (AvgIpc) is 2.89. The number of anilines is 1. The molecule has 1 atom stereocenters. The van der Waals surface area contributed by atoms with Gasteiger partial charge < -0.3 is 15.0 Å². The largest absolute Gasteiger partial charge is 0.494 e. The molecule has 1 heterocycles. The van der Waals surface area contributed by atoms with Gasteiger partial charge in [0.1, 0.15) is 11.8 Å². The van der Waals surface area contributed by atoms with Crippen LogP contribution >= 0.6 is 0 Å². The molecule has 0 saturated heterocycles. The number of benzene rings is 2. The van der Waals surface area contributed by atoms with E-state index >= 15 is 0 Å². The number of hydrogen-bond acceptors (Lipinski definition) is 3. The lowest BCUT2D eigenvalue weighted by Crippen LogP contribution is -2.37. The molecular weight excluding hydrogens is 328 g/mol. The molecule has 5 heteroatoms. The van der Waals surface area contributed by atoms with Crippen molar-refractivity contribution in [2.75, 3.05) is 18.1 Å². The zero-order valence-corrected chi connectivity index (χ0v) is 15.4. The van der Waals surface area contributed by atoms with Crippen LogP contribution in [0.1, 0.15) is 36.1 Å². The first-order valence-corrected chi connectivity index (χ1v) is 8.85. The highest BCUT2D eigenvalue weighted by Gasteiger charge is 2.39. The topological polar surface area (TPSA) is 58.6 Å². The summed E-state index contributed by atoms with van der Waals surface area (Å²) in [6, 6.07) is 13.0. The van der Waals surface area contributed by atoms with Crippen molar-refractivity contribution < 1.29 is 14.3 Å². The van der Waals surface area contributed by atoms with E-state index in [1.807, 2.05) is 56.3 Å². The fraction of sp³-hybridized carbons (Fsp3) is 0.333. The Morgan fingerprint density at radius 1 is 1.12 bits per heavy atom. The van der Waals surface area contributed by atoms with Crippen molar-refractivity contribution in [1.29, 1.82) is 0 Å². The Labute approximate surface area is 154 Å². The SMILES string of the molecule is CC(=O)N[C@H]1C(=O)N(CCCOc2ccccc2)c2c(C)ccc(C)c21. The van der Waals surface area contributed by atoms with Crippen molar-refractivity contribution in [2.45, 2.75) is 33.2 Å². The monoisotopic (exact) mass is 352 g/mol. The van der Waals surface area contributed by atoms with Crippen LogP contribution in [0, 0.1) is 13.8 Å². The fourth-order valence-electron chi connectivity index (χ4n) is 3.42. The minimum Gasteiger partial charge on any atom is -0.494 e. The summed E-state index contributed by atoms with van der Waals surface area (Å²) in [5, 5.41) is 2.80. The van der Waals surface area contributed by atoms with E-state index in [0.29, 0.717) is 19.6 Å². The third-order valence-corrected chi connectivity index (χ3v) is 4.59. The Bertz CT molecular complexity index is 818. The molecule has 136 valence electrons. The molecule has 2 amide bonds. The van der Waals surface area contributed by atoms with Crippen molar-refractivity contribution in [3.63, 3.8) is 0 Å². The second kappa shape index (κ2) is 7.60. The molecule has 0 aromatic heterocycles. The summed E-state index contributed by atoms with van der Waals surface area (Å²) in [4.78, 5) is 26.3. The number of fused-ring (bicyclic) bond motifs is 1. The molecule has 26 heavy (non-hydrogen) atoms. The maximum atomic E-state index is 12.9. The first-order valence-electron chi connectivity index (χ1n) is 8.85. The number of hydrogen-bond donors (Lipinski definition) is 1. The van der Waals surface area contributed by atoms with E-state index in [2.05, 4.69) is 5.32 Å². The van der Waals surface area contributed by atoms with E-state index in [-0.39, 0.29) is 11.8 Å². The predicted molar refractivity (Wildman–Crippen MR) is 101 cm³/mol. The summed E-state index contributed by atoms with van der Waals surface area (Å²) in [6.07, 6.45) is 0.709. The minimum atomic E-state index is -0.600. The Morgan fingerprint density at radius 2 is 1.81 bits per heavy atom. The van der Waals surface area contributed by atoms with Crippen LogP contribution in [0.15, 0.2) is 42.5 Å². The lowest BCUT2D eigenvalue weighted by molar-refractivity contribution is -0.126. The van der Waals surface area contributed by atoms with E-state index in [0.717, 1.165) is 28.1 Å². The standard InChI is InChI=1S/C21H24N2O3/c1-14-10-11-15(2)20-18(14)19(22-16(3)24)21(25)23(20)12-7-13-26-17-8-5-4-6-9-17/h4-6,8-11,19H,7,12-13H2,1-3H3,(H,22,24)/t19-/m1/s1.